The molecule has 2 aromatic carbocycles. The third kappa shape index (κ3) is 20.9. The van der Waals surface area contributed by atoms with Crippen LogP contribution >= 0.6 is 0 Å². The molecule has 2 atom stereocenters. The Hall–Kier alpha value is -4.15. The maximum absolute atomic E-state index is 4.27. The molecule has 2 bridgehead atoms. The van der Waals surface area contributed by atoms with Crippen molar-refractivity contribution in [1.82, 2.24) is 10.2 Å². The van der Waals surface area contributed by atoms with Gasteiger partial charge in [0.25, 0.3) is 0 Å². The molecule has 3 aliphatic heterocycles. The Bertz CT molecular complexity index is 1280. The number of rotatable bonds is 5. The number of nitrogens with one attached hydrogen (secondary N) is 2. The highest BCUT2D eigenvalue weighted by Crippen LogP contribution is 2.25. The van der Waals surface area contributed by atoms with Gasteiger partial charge in [-0.15, -0.1) is 6.58 Å². The molecule has 1 saturated heterocycles. The monoisotopic (exact) mass is 653 g/mol. The first-order valence-electron chi connectivity index (χ1n) is 17.5. The maximum atomic E-state index is 4.27. The van der Waals surface area contributed by atoms with Crippen LogP contribution in [0, 0.1) is 12.8 Å². The zero-order chi connectivity index (χ0) is 36.9. The second-order valence-corrected chi connectivity index (χ2v) is 11.4. The molecule has 3 aliphatic rings. The van der Waals surface area contributed by atoms with Crippen LogP contribution in [-0.4, -0.2) is 36.8 Å². The molecule has 1 fully saturated rings. The van der Waals surface area contributed by atoms with Crippen LogP contribution in [0.5, 0.6) is 0 Å². The lowest BCUT2D eigenvalue weighted by molar-refractivity contribution is 0.347. The molecular formula is C44H68N4. The number of aliphatic imine (C=N–C) groups is 1. The van der Waals surface area contributed by atoms with Gasteiger partial charge < -0.3 is 10.6 Å². The predicted octanol–water partition coefficient (Wildman–Crippen LogP) is 12.1. The quantitative estimate of drug-likeness (QED) is 0.249. The zero-order valence-corrected chi connectivity index (χ0v) is 32.3. The molecule has 0 aliphatic carbocycles. The SMILES string of the molecule is C=C(C)C(=C)C1CCCN1C.C=CC.C=CC1=CNC2=CC1C=C(C)N=C2.CC.CC.CC(C)Nc1ccccc1.Cc1ccccc1. The van der Waals surface area contributed by atoms with E-state index >= 15 is 0 Å². The van der Waals surface area contributed by atoms with Gasteiger partial charge in [-0.3, -0.25) is 9.89 Å². The summed E-state index contributed by atoms with van der Waals surface area (Å²) >= 11 is 0. The number of anilines is 1. The van der Waals surface area contributed by atoms with Crippen molar-refractivity contribution in [3.63, 3.8) is 0 Å². The van der Waals surface area contributed by atoms with Gasteiger partial charge in [-0.05, 0) is 97.3 Å². The molecule has 0 aromatic heterocycles. The van der Waals surface area contributed by atoms with Crippen molar-refractivity contribution >= 4 is 11.9 Å². The highest BCUT2D eigenvalue weighted by Gasteiger charge is 2.23. The van der Waals surface area contributed by atoms with Gasteiger partial charge in [-0.2, -0.15) is 0 Å². The highest BCUT2D eigenvalue weighted by molar-refractivity contribution is 5.80. The Balaban J connectivity index is 0. The first-order valence-corrected chi connectivity index (χ1v) is 17.5. The van der Waals surface area contributed by atoms with Gasteiger partial charge in [-0.1, -0.05) is 125 Å². The Morgan fingerprint density at radius 2 is 1.48 bits per heavy atom. The number of benzene rings is 2. The molecule has 2 unspecified atom stereocenters. The van der Waals surface area contributed by atoms with Crippen LogP contribution in [-0.2, 0) is 0 Å². The first-order chi connectivity index (χ1) is 23.0. The predicted molar refractivity (Wildman–Crippen MR) is 220 cm³/mol. The topological polar surface area (TPSA) is 39.7 Å². The number of allylic oxidation sites excluding steroid dienone is 7. The lowest BCUT2D eigenvalue weighted by Gasteiger charge is -2.21. The number of fused-ring (bicyclic) bond motifs is 1. The minimum absolute atomic E-state index is 0.330. The van der Waals surface area contributed by atoms with Crippen LogP contribution in [0.2, 0.25) is 0 Å². The third-order valence-corrected chi connectivity index (χ3v) is 6.85. The molecule has 48 heavy (non-hydrogen) atoms. The normalized spacial score (nSPS) is 16.5. The maximum Gasteiger partial charge on any atom is 0.0534 e. The number of nitrogens with zero attached hydrogens (tertiary/aromatic N) is 2. The van der Waals surface area contributed by atoms with Crippen LogP contribution in [0.4, 0.5) is 5.69 Å². The summed E-state index contributed by atoms with van der Waals surface area (Å²) in [5.74, 6) is 0.330. The van der Waals surface area contributed by atoms with Crippen molar-refractivity contribution in [3.05, 3.63) is 151 Å². The van der Waals surface area contributed by atoms with Crippen molar-refractivity contribution in [2.75, 3.05) is 18.9 Å². The Labute approximate surface area is 296 Å². The summed E-state index contributed by atoms with van der Waals surface area (Å²) in [4.78, 5) is 6.63. The second kappa shape index (κ2) is 29.0. The minimum Gasteiger partial charge on any atom is -0.383 e. The number of para-hydroxylation sites is 1. The van der Waals surface area contributed by atoms with Crippen LogP contribution in [0.25, 0.3) is 0 Å². The summed E-state index contributed by atoms with van der Waals surface area (Å²) in [6.45, 7) is 36.6. The number of dihydropyridines is 1. The van der Waals surface area contributed by atoms with E-state index in [1.165, 1.54) is 41.8 Å². The summed E-state index contributed by atoms with van der Waals surface area (Å²) in [6, 6.07) is 21.6. The third-order valence-electron chi connectivity index (χ3n) is 6.85. The summed E-state index contributed by atoms with van der Waals surface area (Å²) in [5.41, 5.74) is 8.15. The fraction of sp³-hybridized carbons (Fsp3) is 0.386. The van der Waals surface area contributed by atoms with E-state index in [2.05, 4.69) is 111 Å². The number of aryl methyl sites for hydroxylation is 1. The summed E-state index contributed by atoms with van der Waals surface area (Å²) in [7, 11) is 2.16. The van der Waals surface area contributed by atoms with Crippen molar-refractivity contribution < 1.29 is 0 Å². The first kappa shape index (κ1) is 46.0. The minimum atomic E-state index is 0.330. The molecule has 4 heteroatoms. The van der Waals surface area contributed by atoms with Gasteiger partial charge in [0, 0.05) is 35.6 Å². The van der Waals surface area contributed by atoms with Crippen LogP contribution in [0.1, 0.15) is 80.7 Å². The fourth-order valence-electron chi connectivity index (χ4n) is 4.53. The smallest absolute Gasteiger partial charge is 0.0534 e. The van der Waals surface area contributed by atoms with Gasteiger partial charge in [0.2, 0.25) is 0 Å². The summed E-state index contributed by atoms with van der Waals surface area (Å²) in [5, 5.41) is 6.46. The molecule has 0 radical (unpaired) electrons. The van der Waals surface area contributed by atoms with Crippen LogP contribution < -0.4 is 10.6 Å². The van der Waals surface area contributed by atoms with Gasteiger partial charge in [0.1, 0.15) is 0 Å². The standard InChI is InChI=1S/C11H12N2.C10H17N.C9H13N.C7H8.C3H6.2C2H6/c1-3-9-6-13-11-5-10(9)4-8(2)12-7-11;1-8(2)9(3)10-6-5-7-11(10)4;1-8(2)10-9-6-4-3-5-7-9;1-7-5-3-2-4-6-7;1-3-2;2*1-2/h3-7,10,13H,1H2,2H3;10H,1,3,5-7H2,2,4H3;3-8,10H,1-2H3;2-6H,1H3;3H,1H2,2H3;2*1-2H3. The van der Waals surface area contributed by atoms with Gasteiger partial charge in [0.05, 0.1) is 11.9 Å². The molecule has 0 spiro atoms. The molecule has 4 nitrogen and oxygen atoms in total. The van der Waals surface area contributed by atoms with Crippen LogP contribution in [0.15, 0.2) is 151 Å². The molecule has 0 saturated carbocycles. The molecule has 2 N–H and O–H groups in total. The van der Waals surface area contributed by atoms with E-state index in [-0.39, 0.29) is 0 Å². The van der Waals surface area contributed by atoms with Gasteiger partial charge in [0.15, 0.2) is 0 Å². The Morgan fingerprint density at radius 1 is 0.938 bits per heavy atom. The van der Waals surface area contributed by atoms with E-state index in [9.17, 15) is 0 Å². The van der Waals surface area contributed by atoms with E-state index in [0.29, 0.717) is 18.0 Å². The largest absolute Gasteiger partial charge is 0.383 e. The second-order valence-electron chi connectivity index (χ2n) is 11.4. The molecule has 3 heterocycles. The highest BCUT2D eigenvalue weighted by atomic mass is 15.1. The Kier molecular flexibility index (Phi) is 27.8. The number of hydrogen-bond donors (Lipinski definition) is 2. The van der Waals surface area contributed by atoms with Crippen molar-refractivity contribution in [2.45, 2.75) is 94.2 Å². The summed E-state index contributed by atoms with van der Waals surface area (Å²) in [6.07, 6.45) is 14.3. The summed E-state index contributed by atoms with van der Waals surface area (Å²) < 4.78 is 0. The van der Waals surface area contributed by atoms with Gasteiger partial charge >= 0.3 is 0 Å². The molecule has 0 amide bonds. The average molecular weight is 653 g/mol. The van der Waals surface area contributed by atoms with Crippen molar-refractivity contribution in [2.24, 2.45) is 10.9 Å². The number of likely N-dealkylation sites (tertiary alicyclic amines) is 1. The molecular weight excluding hydrogens is 585 g/mol. The number of hydrogen-bond acceptors (Lipinski definition) is 4. The average Bonchev–Trinajstić information content (AvgIpc) is 3.46. The van der Waals surface area contributed by atoms with Crippen molar-refractivity contribution in [1.29, 1.82) is 0 Å². The van der Waals surface area contributed by atoms with E-state index in [1.807, 2.05) is 103 Å². The molecule has 2 aromatic rings. The molecule has 264 valence electrons. The van der Waals surface area contributed by atoms with Crippen LogP contribution in [0.3, 0.4) is 0 Å². The van der Waals surface area contributed by atoms with E-state index in [1.54, 1.807) is 6.08 Å². The zero-order valence-electron chi connectivity index (χ0n) is 32.3. The fourth-order valence-corrected chi connectivity index (χ4v) is 4.53. The molecule has 5 rings (SSSR count). The lowest BCUT2D eigenvalue weighted by atomic mass is 9.96. The van der Waals surface area contributed by atoms with E-state index in [0.717, 1.165) is 17.0 Å². The number of likely N-dealkylation sites (N-methyl/N-ethyl adjacent to an activating group) is 1. The Morgan fingerprint density at radius 3 is 1.90 bits per heavy atom. The lowest BCUT2D eigenvalue weighted by Crippen LogP contribution is -2.26. The van der Waals surface area contributed by atoms with E-state index < -0.39 is 0 Å². The van der Waals surface area contributed by atoms with Gasteiger partial charge in [-0.25, -0.2) is 0 Å². The van der Waals surface area contributed by atoms with E-state index in [4.69, 9.17) is 0 Å². The van der Waals surface area contributed by atoms with Crippen molar-refractivity contribution in [3.8, 4) is 0 Å².